The molecule has 2 aliphatic rings. The third-order valence-corrected chi connectivity index (χ3v) is 5.30. The molecule has 0 amide bonds. The van der Waals surface area contributed by atoms with Gasteiger partial charge in [0.05, 0.1) is 36.5 Å². The lowest BCUT2D eigenvalue weighted by molar-refractivity contribution is 0.123. The number of fused-ring (bicyclic) bond motifs is 1. The van der Waals surface area contributed by atoms with Gasteiger partial charge in [-0.2, -0.15) is 5.10 Å². The minimum Gasteiger partial charge on any atom is -0.378 e. The summed E-state index contributed by atoms with van der Waals surface area (Å²) in [5.74, 6) is 0.551. The molecular weight excluding hydrogens is 326 g/mol. The molecule has 2 fully saturated rings. The molecule has 6 heteroatoms. The Morgan fingerprint density at radius 3 is 2.69 bits per heavy atom. The standard InChI is InChI=1S/C20H23N5O/c1-2-16-6-5-15(13-21-16)19-18(14-3-4-14)23-20-17(7-8-22-25(19)20)24-9-11-26-12-10-24/h5-8,13-14H,2-4,9-12H2,1H3. The van der Waals surface area contributed by atoms with E-state index in [4.69, 9.17) is 9.72 Å². The van der Waals surface area contributed by atoms with E-state index in [0.717, 1.165) is 61.0 Å². The van der Waals surface area contributed by atoms with Crippen LogP contribution in [-0.4, -0.2) is 45.9 Å². The van der Waals surface area contributed by atoms with Crippen molar-refractivity contribution in [1.82, 2.24) is 19.6 Å². The minimum atomic E-state index is 0.551. The lowest BCUT2D eigenvalue weighted by Gasteiger charge is -2.28. The van der Waals surface area contributed by atoms with Crippen LogP contribution in [0.15, 0.2) is 30.6 Å². The van der Waals surface area contributed by atoms with Crippen molar-refractivity contribution >= 4 is 11.3 Å². The molecule has 26 heavy (non-hydrogen) atoms. The maximum absolute atomic E-state index is 5.51. The zero-order valence-corrected chi connectivity index (χ0v) is 15.1. The summed E-state index contributed by atoms with van der Waals surface area (Å²) in [7, 11) is 0. The average Bonchev–Trinajstić information content (AvgIpc) is 3.48. The number of pyridine rings is 1. The molecule has 3 aromatic rings. The highest BCUT2D eigenvalue weighted by Gasteiger charge is 2.32. The molecule has 1 saturated heterocycles. The Morgan fingerprint density at radius 1 is 1.15 bits per heavy atom. The van der Waals surface area contributed by atoms with Crippen LogP contribution in [-0.2, 0) is 11.2 Å². The van der Waals surface area contributed by atoms with Gasteiger partial charge < -0.3 is 9.64 Å². The molecule has 4 heterocycles. The Hall–Kier alpha value is -2.47. The summed E-state index contributed by atoms with van der Waals surface area (Å²) in [6.45, 7) is 5.45. The second-order valence-corrected chi connectivity index (χ2v) is 7.06. The van der Waals surface area contributed by atoms with E-state index < -0.39 is 0 Å². The largest absolute Gasteiger partial charge is 0.378 e. The summed E-state index contributed by atoms with van der Waals surface area (Å²) in [6.07, 6.45) is 7.22. The van der Waals surface area contributed by atoms with Crippen LogP contribution in [0, 0.1) is 0 Å². The van der Waals surface area contributed by atoms with E-state index in [2.05, 4.69) is 40.1 Å². The lowest BCUT2D eigenvalue weighted by atomic mass is 10.1. The predicted octanol–water partition coefficient (Wildman–Crippen LogP) is 3.07. The summed E-state index contributed by atoms with van der Waals surface area (Å²) in [5, 5.41) is 4.65. The highest BCUT2D eigenvalue weighted by molar-refractivity contribution is 5.76. The van der Waals surface area contributed by atoms with Crippen LogP contribution < -0.4 is 4.90 Å². The molecule has 1 aliphatic carbocycles. The molecule has 0 N–H and O–H groups in total. The maximum atomic E-state index is 5.51. The van der Waals surface area contributed by atoms with Gasteiger partial charge in [-0.25, -0.2) is 9.50 Å². The van der Waals surface area contributed by atoms with Crippen LogP contribution in [0.2, 0.25) is 0 Å². The van der Waals surface area contributed by atoms with Crippen molar-refractivity contribution in [1.29, 1.82) is 0 Å². The monoisotopic (exact) mass is 349 g/mol. The smallest absolute Gasteiger partial charge is 0.178 e. The molecule has 0 aromatic carbocycles. The van der Waals surface area contributed by atoms with Crippen LogP contribution in [0.25, 0.3) is 16.9 Å². The number of morpholine rings is 1. The van der Waals surface area contributed by atoms with E-state index in [9.17, 15) is 0 Å². The van der Waals surface area contributed by atoms with E-state index in [1.807, 2.05) is 16.9 Å². The van der Waals surface area contributed by atoms with Crippen molar-refractivity contribution in [3.8, 4) is 11.3 Å². The molecule has 134 valence electrons. The summed E-state index contributed by atoms with van der Waals surface area (Å²) >= 11 is 0. The highest BCUT2D eigenvalue weighted by atomic mass is 16.5. The molecule has 5 rings (SSSR count). The first-order chi connectivity index (χ1) is 12.8. The third kappa shape index (κ3) is 2.65. The van der Waals surface area contributed by atoms with Crippen LogP contribution in [0.1, 0.15) is 37.1 Å². The number of aromatic nitrogens is 4. The Kier molecular flexibility index (Phi) is 3.85. The first-order valence-electron chi connectivity index (χ1n) is 9.51. The molecule has 0 atom stereocenters. The Labute approximate surface area is 152 Å². The molecular formula is C20H23N5O. The molecule has 0 bridgehead atoms. The van der Waals surface area contributed by atoms with Gasteiger partial charge in [-0.3, -0.25) is 4.98 Å². The van der Waals surface area contributed by atoms with Gasteiger partial charge in [-0.05, 0) is 37.5 Å². The topological polar surface area (TPSA) is 55.5 Å². The summed E-state index contributed by atoms with van der Waals surface area (Å²) in [4.78, 5) is 12.0. The van der Waals surface area contributed by atoms with E-state index in [0.29, 0.717) is 5.92 Å². The fourth-order valence-electron chi connectivity index (χ4n) is 3.69. The highest BCUT2D eigenvalue weighted by Crippen LogP contribution is 2.44. The zero-order chi connectivity index (χ0) is 17.5. The quantitative estimate of drug-likeness (QED) is 0.724. The normalized spacial score (nSPS) is 17.8. The Morgan fingerprint density at radius 2 is 2.00 bits per heavy atom. The maximum Gasteiger partial charge on any atom is 0.178 e. The SMILES string of the molecule is CCc1ccc(-c2c(C3CC3)nc3c(N4CCOCC4)ccnn23)cn1. The molecule has 0 radical (unpaired) electrons. The number of nitrogens with zero attached hydrogens (tertiary/aromatic N) is 5. The van der Waals surface area contributed by atoms with Crippen molar-refractivity contribution in [3.63, 3.8) is 0 Å². The van der Waals surface area contributed by atoms with Gasteiger partial charge in [0.1, 0.15) is 0 Å². The van der Waals surface area contributed by atoms with Gasteiger partial charge in [0.15, 0.2) is 5.65 Å². The van der Waals surface area contributed by atoms with Crippen LogP contribution in [0.5, 0.6) is 0 Å². The summed E-state index contributed by atoms with van der Waals surface area (Å²) in [6, 6.07) is 6.34. The van der Waals surface area contributed by atoms with E-state index >= 15 is 0 Å². The number of hydrogen-bond acceptors (Lipinski definition) is 5. The molecule has 0 spiro atoms. The molecule has 1 saturated carbocycles. The van der Waals surface area contributed by atoms with Crippen LogP contribution in [0.3, 0.4) is 0 Å². The number of imidazole rings is 1. The van der Waals surface area contributed by atoms with E-state index in [1.54, 1.807) is 0 Å². The number of aryl methyl sites for hydroxylation is 1. The number of ether oxygens (including phenoxy) is 1. The summed E-state index contributed by atoms with van der Waals surface area (Å²) < 4.78 is 7.52. The van der Waals surface area contributed by atoms with E-state index in [-0.39, 0.29) is 0 Å². The number of anilines is 1. The van der Waals surface area contributed by atoms with Gasteiger partial charge in [0, 0.05) is 36.5 Å². The predicted molar refractivity (Wildman–Crippen MR) is 101 cm³/mol. The van der Waals surface area contributed by atoms with Crippen molar-refractivity contribution in [2.24, 2.45) is 0 Å². The molecule has 6 nitrogen and oxygen atoms in total. The van der Waals surface area contributed by atoms with Crippen LogP contribution in [0.4, 0.5) is 5.69 Å². The minimum absolute atomic E-state index is 0.551. The van der Waals surface area contributed by atoms with Crippen molar-refractivity contribution in [3.05, 3.63) is 42.0 Å². The van der Waals surface area contributed by atoms with Gasteiger partial charge >= 0.3 is 0 Å². The van der Waals surface area contributed by atoms with Crippen LogP contribution >= 0.6 is 0 Å². The second-order valence-electron chi connectivity index (χ2n) is 7.06. The zero-order valence-electron chi connectivity index (χ0n) is 15.1. The summed E-state index contributed by atoms with van der Waals surface area (Å²) in [5.41, 5.74) is 6.58. The van der Waals surface area contributed by atoms with Crippen molar-refractivity contribution in [2.75, 3.05) is 31.2 Å². The van der Waals surface area contributed by atoms with Gasteiger partial charge in [-0.15, -0.1) is 0 Å². The van der Waals surface area contributed by atoms with Gasteiger partial charge in [0.25, 0.3) is 0 Å². The first-order valence-corrected chi connectivity index (χ1v) is 9.51. The molecule has 0 unspecified atom stereocenters. The van der Waals surface area contributed by atoms with Gasteiger partial charge in [0.2, 0.25) is 0 Å². The Balaban J connectivity index is 1.67. The lowest BCUT2D eigenvalue weighted by Crippen LogP contribution is -2.36. The second kappa shape index (κ2) is 6.36. The molecule has 3 aromatic heterocycles. The van der Waals surface area contributed by atoms with Crippen molar-refractivity contribution in [2.45, 2.75) is 32.1 Å². The average molecular weight is 349 g/mol. The molecule has 1 aliphatic heterocycles. The number of rotatable bonds is 4. The first kappa shape index (κ1) is 15.8. The Bertz CT molecular complexity index is 923. The van der Waals surface area contributed by atoms with Crippen molar-refractivity contribution < 1.29 is 4.74 Å². The van der Waals surface area contributed by atoms with E-state index in [1.165, 1.54) is 18.5 Å². The van der Waals surface area contributed by atoms with Gasteiger partial charge in [-0.1, -0.05) is 6.92 Å². The third-order valence-electron chi connectivity index (χ3n) is 5.30. The fourth-order valence-corrected chi connectivity index (χ4v) is 3.69. The number of hydrogen-bond donors (Lipinski definition) is 0. The fraction of sp³-hybridized carbons (Fsp3) is 0.450.